The normalized spacial score (nSPS) is 14.9. The molecule has 1 fully saturated rings. The van der Waals surface area contributed by atoms with Gasteiger partial charge in [-0.05, 0) is 49.2 Å². The summed E-state index contributed by atoms with van der Waals surface area (Å²) in [6, 6.07) is 11.8. The molecule has 0 bridgehead atoms. The fourth-order valence-corrected chi connectivity index (χ4v) is 4.70. The molecule has 0 aliphatic heterocycles. The minimum Gasteiger partial charge on any atom is -0.350 e. The van der Waals surface area contributed by atoms with E-state index in [1.54, 1.807) is 6.21 Å². The Labute approximate surface area is 190 Å². The second-order valence-corrected chi connectivity index (χ2v) is 8.98. The van der Waals surface area contributed by atoms with Gasteiger partial charge >= 0.3 is 0 Å². The van der Waals surface area contributed by atoms with Crippen LogP contribution in [0.3, 0.4) is 0 Å². The third-order valence-corrected chi connectivity index (χ3v) is 6.60. The van der Waals surface area contributed by atoms with E-state index < -0.39 is 0 Å². The monoisotopic (exact) mass is 456 g/mol. The van der Waals surface area contributed by atoms with E-state index in [9.17, 15) is 4.79 Å². The van der Waals surface area contributed by atoms with Gasteiger partial charge in [0, 0.05) is 29.9 Å². The lowest BCUT2D eigenvalue weighted by atomic mass is 9.95. The van der Waals surface area contributed by atoms with Crippen LogP contribution in [-0.4, -0.2) is 37.2 Å². The number of hydrogen-bond acceptors (Lipinski definition) is 5. The number of rotatable bonds is 7. The number of hydrazone groups is 1. The van der Waals surface area contributed by atoms with Gasteiger partial charge in [0.2, 0.25) is 0 Å². The number of carbonyl (C=O) groups is 1. The Morgan fingerprint density at radius 3 is 2.71 bits per heavy atom. The summed E-state index contributed by atoms with van der Waals surface area (Å²) in [7, 11) is 1.93. The largest absolute Gasteiger partial charge is 0.350 e. The quantitative estimate of drug-likeness (QED) is 0.318. The first kappa shape index (κ1) is 21.6. The van der Waals surface area contributed by atoms with Crippen molar-refractivity contribution in [2.45, 2.75) is 43.3 Å². The number of halogens is 1. The molecule has 0 saturated heterocycles. The lowest BCUT2D eigenvalue weighted by molar-refractivity contribution is -0.118. The first-order valence-electron chi connectivity index (χ1n) is 10.4. The second-order valence-electron chi connectivity index (χ2n) is 7.60. The summed E-state index contributed by atoms with van der Waals surface area (Å²) in [6.07, 6.45) is 9.40. The maximum Gasteiger partial charge on any atom is 0.250 e. The molecule has 9 heteroatoms. The van der Waals surface area contributed by atoms with Crippen LogP contribution in [0.15, 0.2) is 52.9 Å². The van der Waals surface area contributed by atoms with E-state index in [-0.39, 0.29) is 11.7 Å². The van der Waals surface area contributed by atoms with Crippen LogP contribution >= 0.6 is 23.4 Å². The van der Waals surface area contributed by atoms with Gasteiger partial charge in [-0.2, -0.15) is 5.10 Å². The predicted octanol–water partition coefficient (Wildman–Crippen LogP) is 4.68. The molecule has 1 amide bonds. The molecule has 162 valence electrons. The third kappa shape index (κ3) is 5.37. The molecule has 1 aliphatic carbocycles. The number of nitrogens with one attached hydrogen (secondary N) is 1. The summed E-state index contributed by atoms with van der Waals surface area (Å²) in [5, 5.41) is 14.4. The molecule has 2 aromatic heterocycles. The van der Waals surface area contributed by atoms with Gasteiger partial charge in [0.15, 0.2) is 11.0 Å². The average molecular weight is 457 g/mol. The minimum atomic E-state index is -0.179. The highest BCUT2D eigenvalue weighted by molar-refractivity contribution is 7.99. The molecule has 1 aromatic carbocycles. The SMILES string of the molecule is Cn1cccc1C=NNC(=O)CSc1nnc(-c2ccc(Cl)cc2)n1C1CCCCC1. The summed E-state index contributed by atoms with van der Waals surface area (Å²) in [5.74, 6) is 0.866. The third-order valence-electron chi connectivity index (χ3n) is 5.41. The van der Waals surface area contributed by atoms with Gasteiger partial charge < -0.3 is 4.57 Å². The topological polar surface area (TPSA) is 77.1 Å². The molecule has 1 aliphatic rings. The molecular formula is C22H25ClN6OS. The molecule has 0 unspecified atom stereocenters. The Balaban J connectivity index is 1.47. The van der Waals surface area contributed by atoms with Gasteiger partial charge in [0.05, 0.1) is 17.7 Å². The summed E-state index contributed by atoms with van der Waals surface area (Å²) >= 11 is 7.45. The molecule has 0 spiro atoms. The van der Waals surface area contributed by atoms with E-state index >= 15 is 0 Å². The van der Waals surface area contributed by atoms with Gasteiger partial charge in [-0.1, -0.05) is 42.6 Å². The number of hydrogen-bond donors (Lipinski definition) is 1. The van der Waals surface area contributed by atoms with Gasteiger partial charge in [0.25, 0.3) is 5.91 Å². The maximum atomic E-state index is 12.3. The number of amides is 1. The zero-order valence-corrected chi connectivity index (χ0v) is 18.9. The zero-order valence-electron chi connectivity index (χ0n) is 17.4. The summed E-state index contributed by atoms with van der Waals surface area (Å²) in [4.78, 5) is 12.3. The van der Waals surface area contributed by atoms with Crippen LogP contribution in [0.5, 0.6) is 0 Å². The number of carbonyl (C=O) groups excluding carboxylic acids is 1. The Bertz CT molecular complexity index is 1050. The van der Waals surface area contributed by atoms with Crippen molar-refractivity contribution in [2.24, 2.45) is 12.1 Å². The van der Waals surface area contributed by atoms with Crippen LogP contribution < -0.4 is 5.43 Å². The molecule has 3 aromatic rings. The Morgan fingerprint density at radius 1 is 1.23 bits per heavy atom. The highest BCUT2D eigenvalue weighted by Gasteiger charge is 2.24. The zero-order chi connectivity index (χ0) is 21.6. The van der Waals surface area contributed by atoms with Crippen molar-refractivity contribution in [3.8, 4) is 11.4 Å². The molecule has 2 heterocycles. The van der Waals surface area contributed by atoms with Crippen LogP contribution in [0.1, 0.15) is 43.8 Å². The highest BCUT2D eigenvalue weighted by atomic mass is 35.5. The lowest BCUT2D eigenvalue weighted by Crippen LogP contribution is -2.21. The van der Waals surface area contributed by atoms with Crippen molar-refractivity contribution in [3.63, 3.8) is 0 Å². The lowest BCUT2D eigenvalue weighted by Gasteiger charge is -2.25. The van der Waals surface area contributed by atoms with Crippen molar-refractivity contribution < 1.29 is 4.79 Å². The Morgan fingerprint density at radius 2 is 2.00 bits per heavy atom. The molecule has 0 radical (unpaired) electrons. The molecule has 0 atom stereocenters. The summed E-state index contributed by atoms with van der Waals surface area (Å²) in [6.45, 7) is 0. The van der Waals surface area contributed by atoms with E-state index in [2.05, 4.69) is 25.3 Å². The highest BCUT2D eigenvalue weighted by Crippen LogP contribution is 2.35. The van der Waals surface area contributed by atoms with E-state index in [1.807, 2.05) is 54.2 Å². The number of thioether (sulfide) groups is 1. The molecule has 1 saturated carbocycles. The van der Waals surface area contributed by atoms with E-state index in [4.69, 9.17) is 11.6 Å². The summed E-state index contributed by atoms with van der Waals surface area (Å²) < 4.78 is 4.13. The average Bonchev–Trinajstić information content (AvgIpc) is 3.39. The molecule has 31 heavy (non-hydrogen) atoms. The van der Waals surface area contributed by atoms with Gasteiger partial charge in [-0.3, -0.25) is 9.36 Å². The minimum absolute atomic E-state index is 0.179. The van der Waals surface area contributed by atoms with E-state index in [0.717, 1.165) is 35.1 Å². The van der Waals surface area contributed by atoms with Crippen molar-refractivity contribution >= 4 is 35.5 Å². The van der Waals surface area contributed by atoms with Gasteiger partial charge in [-0.15, -0.1) is 10.2 Å². The number of aryl methyl sites for hydroxylation is 1. The molecule has 4 rings (SSSR count). The van der Waals surface area contributed by atoms with Crippen molar-refractivity contribution in [2.75, 3.05) is 5.75 Å². The fraction of sp³-hybridized carbons (Fsp3) is 0.364. The number of aromatic nitrogens is 4. The molecule has 1 N–H and O–H groups in total. The smallest absolute Gasteiger partial charge is 0.250 e. The maximum absolute atomic E-state index is 12.3. The van der Waals surface area contributed by atoms with Gasteiger partial charge in [0.1, 0.15) is 0 Å². The summed E-state index contributed by atoms with van der Waals surface area (Å²) in [5.41, 5.74) is 4.48. The number of benzene rings is 1. The van der Waals surface area contributed by atoms with Crippen LogP contribution in [0.25, 0.3) is 11.4 Å². The first-order valence-corrected chi connectivity index (χ1v) is 11.7. The standard InChI is InChI=1S/C22H25ClN6OS/c1-28-13-5-8-19(28)14-24-25-20(30)15-31-22-27-26-21(16-9-11-17(23)12-10-16)29(22)18-6-3-2-4-7-18/h5,8-14,18H,2-4,6-7,15H2,1H3,(H,25,30). The Kier molecular flexibility index (Phi) is 7.09. The van der Waals surface area contributed by atoms with Crippen LogP contribution in [0, 0.1) is 0 Å². The second kappa shape index (κ2) is 10.2. The molecule has 7 nitrogen and oxygen atoms in total. The number of nitrogens with zero attached hydrogens (tertiary/aromatic N) is 5. The first-order chi connectivity index (χ1) is 15.1. The fourth-order valence-electron chi connectivity index (χ4n) is 3.78. The Hall–Kier alpha value is -2.58. The van der Waals surface area contributed by atoms with Crippen molar-refractivity contribution in [3.05, 3.63) is 53.3 Å². The van der Waals surface area contributed by atoms with Crippen LogP contribution in [0.2, 0.25) is 5.02 Å². The van der Waals surface area contributed by atoms with E-state index in [1.165, 1.54) is 31.0 Å². The van der Waals surface area contributed by atoms with Crippen LogP contribution in [-0.2, 0) is 11.8 Å². The van der Waals surface area contributed by atoms with Crippen molar-refractivity contribution in [1.29, 1.82) is 0 Å². The van der Waals surface area contributed by atoms with Crippen LogP contribution in [0.4, 0.5) is 0 Å². The molecular weight excluding hydrogens is 432 g/mol. The van der Waals surface area contributed by atoms with Gasteiger partial charge in [-0.25, -0.2) is 5.43 Å². The van der Waals surface area contributed by atoms with E-state index in [0.29, 0.717) is 11.1 Å². The van der Waals surface area contributed by atoms with Crippen molar-refractivity contribution in [1.82, 2.24) is 24.8 Å². The predicted molar refractivity (Wildman–Crippen MR) is 124 cm³/mol.